The molecule has 8 heavy (non-hydrogen) atoms. The fraction of sp³-hybridized carbons (Fsp3) is 0.750. The summed E-state index contributed by atoms with van der Waals surface area (Å²) in [5.41, 5.74) is 5.06. The summed E-state index contributed by atoms with van der Waals surface area (Å²) in [6.45, 7) is -0.118. The van der Waals surface area contributed by atoms with Crippen molar-refractivity contribution >= 4 is 5.97 Å². The van der Waals surface area contributed by atoms with Crippen LogP contribution in [-0.4, -0.2) is 30.8 Å². The van der Waals surface area contributed by atoms with E-state index in [0.717, 1.165) is 0 Å². The maximum absolute atomic E-state index is 10.3. The van der Waals surface area contributed by atoms with Gasteiger partial charge < -0.3 is 15.6 Å². The molecule has 4 N–H and O–H groups in total. The van der Waals surface area contributed by atoms with Crippen LogP contribution >= 0.6 is 0 Å². The summed E-state index contributed by atoms with van der Waals surface area (Å²) in [4.78, 5) is 10.3. The Morgan fingerprint density at radius 1 is 2.00 bits per heavy atom. The number of methoxy groups -OCH3 is 1. The summed E-state index contributed by atoms with van der Waals surface area (Å²) in [5.74, 6) is -0.528. The highest BCUT2D eigenvalue weighted by molar-refractivity contribution is 5.75. The summed E-state index contributed by atoms with van der Waals surface area (Å²) in [6, 6.07) is -0.778. The Balaban J connectivity index is 3.46. The summed E-state index contributed by atoms with van der Waals surface area (Å²) < 4.78 is 4.22. The van der Waals surface area contributed by atoms with Gasteiger partial charge in [0.2, 0.25) is 0 Å². The normalized spacial score (nSPS) is 12.9. The van der Waals surface area contributed by atoms with Gasteiger partial charge in [0.15, 0.2) is 12.6 Å². The zero-order valence-corrected chi connectivity index (χ0v) is 4.68. The van der Waals surface area contributed by atoms with E-state index in [2.05, 4.69) is 4.74 Å². The largest absolute Gasteiger partial charge is 0.468 e. The van der Waals surface area contributed by atoms with E-state index in [4.69, 9.17) is 10.8 Å². The fourth-order valence-electron chi connectivity index (χ4n) is 0.235. The van der Waals surface area contributed by atoms with Crippen molar-refractivity contribution in [1.82, 2.24) is 0 Å². The van der Waals surface area contributed by atoms with Crippen molar-refractivity contribution in [3.8, 4) is 0 Å². The first kappa shape index (κ1) is 7.39. The molecule has 4 nitrogen and oxygen atoms in total. The minimum Gasteiger partial charge on any atom is -0.468 e. The van der Waals surface area contributed by atoms with Crippen LogP contribution in [0.3, 0.4) is 0 Å². The summed E-state index contributed by atoms with van der Waals surface area (Å²) >= 11 is 0. The molecule has 0 rings (SSSR count). The molecule has 0 fully saturated rings. The molecule has 4 heteroatoms. The SMILES string of the molecule is COC(=O)C(N)C[OH2+]. The number of carbonyl (C=O) groups excluding carboxylic acids is 1. The van der Waals surface area contributed by atoms with E-state index in [1.54, 1.807) is 0 Å². The van der Waals surface area contributed by atoms with Crippen LogP contribution in [0.15, 0.2) is 0 Å². The monoisotopic (exact) mass is 120 g/mol. The minimum atomic E-state index is -0.778. The van der Waals surface area contributed by atoms with Crippen LogP contribution in [0, 0.1) is 0 Å². The maximum atomic E-state index is 10.3. The van der Waals surface area contributed by atoms with E-state index in [0.29, 0.717) is 0 Å². The first-order valence-corrected chi connectivity index (χ1v) is 2.20. The molecule has 0 aliphatic heterocycles. The molecule has 0 aromatic carbocycles. The van der Waals surface area contributed by atoms with E-state index in [1.807, 2.05) is 0 Å². The molecule has 0 aromatic rings. The van der Waals surface area contributed by atoms with Gasteiger partial charge in [0.25, 0.3) is 0 Å². The lowest BCUT2D eigenvalue weighted by molar-refractivity contribution is -0.143. The van der Waals surface area contributed by atoms with Crippen molar-refractivity contribution in [3.05, 3.63) is 0 Å². The predicted octanol–water partition coefficient (Wildman–Crippen LogP) is -1.79. The molecule has 0 bridgehead atoms. The molecule has 48 valence electrons. The van der Waals surface area contributed by atoms with Crippen molar-refractivity contribution < 1.29 is 14.6 Å². The van der Waals surface area contributed by atoms with Gasteiger partial charge in [-0.3, -0.25) is 4.79 Å². The molecule has 1 atom stereocenters. The van der Waals surface area contributed by atoms with Gasteiger partial charge >= 0.3 is 5.97 Å². The molecule has 0 saturated carbocycles. The van der Waals surface area contributed by atoms with Crippen LogP contribution in [-0.2, 0) is 9.53 Å². The second-order valence-corrected chi connectivity index (χ2v) is 1.33. The van der Waals surface area contributed by atoms with E-state index < -0.39 is 12.0 Å². The lowest BCUT2D eigenvalue weighted by Crippen LogP contribution is -2.34. The van der Waals surface area contributed by atoms with Crippen molar-refractivity contribution in [2.45, 2.75) is 6.04 Å². The third-order valence-corrected chi connectivity index (χ3v) is 0.724. The first-order chi connectivity index (χ1) is 3.72. The van der Waals surface area contributed by atoms with Gasteiger partial charge in [-0.25, -0.2) is 0 Å². The number of ether oxygens (including phenoxy) is 1. The average molecular weight is 120 g/mol. The zero-order valence-electron chi connectivity index (χ0n) is 4.68. The minimum absolute atomic E-state index is 0.118. The number of carbonyl (C=O) groups is 1. The molecule has 0 saturated heterocycles. The van der Waals surface area contributed by atoms with Crippen molar-refractivity contribution in [2.24, 2.45) is 5.73 Å². The Bertz CT molecular complexity index is 83.4. The highest BCUT2D eigenvalue weighted by Gasteiger charge is 2.13. The molecule has 0 aliphatic rings. The number of hydrogen-bond acceptors (Lipinski definition) is 3. The van der Waals surface area contributed by atoms with E-state index >= 15 is 0 Å². The third kappa shape index (κ3) is 1.90. The van der Waals surface area contributed by atoms with E-state index in [9.17, 15) is 4.79 Å². The van der Waals surface area contributed by atoms with Crippen molar-refractivity contribution in [2.75, 3.05) is 13.7 Å². The van der Waals surface area contributed by atoms with Crippen LogP contribution in [0.2, 0.25) is 0 Å². The van der Waals surface area contributed by atoms with Gasteiger partial charge in [0.1, 0.15) is 0 Å². The van der Waals surface area contributed by atoms with Gasteiger partial charge in [-0.05, 0) is 0 Å². The van der Waals surface area contributed by atoms with Gasteiger partial charge in [-0.15, -0.1) is 0 Å². The standard InChI is InChI=1S/C4H9NO3/c1-8-4(7)3(5)2-6/h3,6H,2,5H2,1H3/p+1. The van der Waals surface area contributed by atoms with Crippen LogP contribution < -0.4 is 5.73 Å². The Morgan fingerprint density at radius 2 is 2.50 bits per heavy atom. The topological polar surface area (TPSA) is 75.2 Å². The summed E-state index contributed by atoms with van der Waals surface area (Å²) in [6.07, 6.45) is 0. The Kier molecular flexibility index (Phi) is 3.14. The molecule has 0 radical (unpaired) electrons. The van der Waals surface area contributed by atoms with Gasteiger partial charge in [-0.1, -0.05) is 0 Å². The average Bonchev–Trinajstić information content (AvgIpc) is 1.84. The summed E-state index contributed by atoms with van der Waals surface area (Å²) in [7, 11) is 1.25. The fourth-order valence-corrected chi connectivity index (χ4v) is 0.235. The van der Waals surface area contributed by atoms with Gasteiger partial charge in [-0.2, -0.15) is 0 Å². The molecule has 0 aromatic heterocycles. The van der Waals surface area contributed by atoms with Crippen LogP contribution in [0.4, 0.5) is 0 Å². The van der Waals surface area contributed by atoms with Crippen LogP contribution in [0.5, 0.6) is 0 Å². The quantitative estimate of drug-likeness (QED) is 0.345. The van der Waals surface area contributed by atoms with E-state index in [1.165, 1.54) is 7.11 Å². The Morgan fingerprint density at radius 3 is 2.62 bits per heavy atom. The number of esters is 1. The van der Waals surface area contributed by atoms with Crippen molar-refractivity contribution in [1.29, 1.82) is 0 Å². The Hall–Kier alpha value is -0.610. The maximum Gasteiger partial charge on any atom is 0.330 e. The molecule has 0 spiro atoms. The third-order valence-electron chi connectivity index (χ3n) is 0.724. The zero-order chi connectivity index (χ0) is 6.57. The van der Waals surface area contributed by atoms with Crippen LogP contribution in [0.1, 0.15) is 0 Å². The second-order valence-electron chi connectivity index (χ2n) is 1.33. The van der Waals surface area contributed by atoms with Crippen molar-refractivity contribution in [3.63, 3.8) is 0 Å². The number of rotatable bonds is 2. The molecular weight excluding hydrogens is 110 g/mol. The lowest BCUT2D eigenvalue weighted by atomic mass is 10.3. The van der Waals surface area contributed by atoms with Gasteiger partial charge in [0.05, 0.1) is 7.11 Å². The molecule has 0 heterocycles. The summed E-state index contributed by atoms with van der Waals surface area (Å²) in [5, 5.41) is 6.62. The second kappa shape index (κ2) is 3.40. The highest BCUT2D eigenvalue weighted by atomic mass is 16.5. The lowest BCUT2D eigenvalue weighted by Gasteiger charge is -2.00. The van der Waals surface area contributed by atoms with Crippen LogP contribution in [0.25, 0.3) is 0 Å². The highest BCUT2D eigenvalue weighted by Crippen LogP contribution is 1.78. The smallest absolute Gasteiger partial charge is 0.330 e. The number of hydrogen-bond donors (Lipinski definition) is 1. The van der Waals surface area contributed by atoms with Gasteiger partial charge in [0, 0.05) is 0 Å². The molecule has 1 unspecified atom stereocenters. The predicted molar refractivity (Wildman–Crippen MR) is 28.5 cm³/mol. The van der Waals surface area contributed by atoms with E-state index in [-0.39, 0.29) is 6.61 Å². The number of nitrogens with two attached hydrogens (primary N) is 1. The molecule has 0 aliphatic carbocycles. The molecular formula is C4H10NO3+. The Labute approximate surface area is 47.2 Å². The first-order valence-electron chi connectivity index (χ1n) is 2.20. The molecule has 0 amide bonds.